The van der Waals surface area contributed by atoms with Gasteiger partial charge in [0.2, 0.25) is 11.8 Å². The maximum atomic E-state index is 14.9. The van der Waals surface area contributed by atoms with Crippen molar-refractivity contribution < 1.29 is 33.5 Å². The number of nitrogens with zero attached hydrogens (tertiary/aromatic N) is 3. The molecule has 1 aromatic rings. The molecule has 2 saturated heterocycles. The number of nitrogens with one attached hydrogen (secondary N) is 1. The number of halogens is 1. The van der Waals surface area contributed by atoms with Crippen LogP contribution in [0.5, 0.6) is 0 Å². The first-order valence-corrected chi connectivity index (χ1v) is 11.0. The van der Waals surface area contributed by atoms with Crippen molar-refractivity contribution in [2.45, 2.75) is 38.1 Å². The number of carboxylic acids is 1. The number of carbonyl (C=O) groups is 5. The Morgan fingerprint density at radius 1 is 1.03 bits per heavy atom. The van der Waals surface area contributed by atoms with E-state index in [1.807, 2.05) is 4.90 Å². The number of unbranched alkanes of at least 4 members (excludes halogenated alkanes) is 1. The van der Waals surface area contributed by atoms with Crippen LogP contribution in [-0.4, -0.2) is 83.3 Å². The van der Waals surface area contributed by atoms with E-state index in [4.69, 9.17) is 5.11 Å². The largest absolute Gasteiger partial charge is 0.481 e. The highest BCUT2D eigenvalue weighted by Crippen LogP contribution is 2.33. The lowest BCUT2D eigenvalue weighted by atomic mass is 10.0. The van der Waals surface area contributed by atoms with Gasteiger partial charge in [-0.1, -0.05) is 0 Å². The Morgan fingerprint density at radius 2 is 1.70 bits per heavy atom. The van der Waals surface area contributed by atoms with Gasteiger partial charge in [0.1, 0.15) is 11.9 Å². The van der Waals surface area contributed by atoms with Gasteiger partial charge in [0.15, 0.2) is 0 Å². The number of piperazine rings is 1. The van der Waals surface area contributed by atoms with E-state index in [-0.39, 0.29) is 36.1 Å². The Bertz CT molecular complexity index is 1020. The minimum absolute atomic E-state index is 0.0179. The van der Waals surface area contributed by atoms with Gasteiger partial charge in [-0.2, -0.15) is 0 Å². The maximum absolute atomic E-state index is 14.9. The topological polar surface area (TPSA) is 127 Å². The summed E-state index contributed by atoms with van der Waals surface area (Å²) in [5, 5.41) is 10.9. The van der Waals surface area contributed by atoms with Gasteiger partial charge < -0.3 is 10.0 Å². The number of fused-ring (bicyclic) bond motifs is 1. The summed E-state index contributed by atoms with van der Waals surface area (Å²) in [4.78, 5) is 64.8. The number of rotatable bonds is 7. The average molecular weight is 460 g/mol. The maximum Gasteiger partial charge on any atom is 0.303 e. The van der Waals surface area contributed by atoms with Crippen LogP contribution in [0, 0.1) is 5.82 Å². The number of benzene rings is 1. The summed E-state index contributed by atoms with van der Waals surface area (Å²) in [7, 11) is 0. The van der Waals surface area contributed by atoms with Crippen molar-refractivity contribution in [2.75, 3.05) is 37.6 Å². The molecule has 4 amide bonds. The molecule has 3 heterocycles. The molecule has 0 aromatic heterocycles. The van der Waals surface area contributed by atoms with E-state index < -0.39 is 41.5 Å². The first kappa shape index (κ1) is 22.8. The predicted octanol–water partition coefficient (Wildman–Crippen LogP) is 0.604. The minimum Gasteiger partial charge on any atom is -0.481 e. The van der Waals surface area contributed by atoms with Gasteiger partial charge in [0.05, 0.1) is 16.8 Å². The van der Waals surface area contributed by atoms with E-state index in [0.717, 1.165) is 23.9 Å². The van der Waals surface area contributed by atoms with Crippen molar-refractivity contribution in [1.29, 1.82) is 0 Å². The van der Waals surface area contributed by atoms with Crippen LogP contribution in [0.25, 0.3) is 0 Å². The molecule has 1 aromatic carbocycles. The molecule has 0 spiro atoms. The second-order valence-electron chi connectivity index (χ2n) is 8.48. The molecule has 3 aliphatic rings. The molecule has 2 N–H and O–H groups in total. The van der Waals surface area contributed by atoms with Crippen molar-refractivity contribution in [3.8, 4) is 0 Å². The fraction of sp³-hybridized carbons (Fsp3) is 0.500. The normalized spacial score (nSPS) is 21.4. The summed E-state index contributed by atoms with van der Waals surface area (Å²) >= 11 is 0. The lowest BCUT2D eigenvalue weighted by Gasteiger charge is -2.36. The second kappa shape index (κ2) is 9.26. The van der Waals surface area contributed by atoms with E-state index >= 15 is 0 Å². The van der Waals surface area contributed by atoms with Gasteiger partial charge in [-0.25, -0.2) is 4.39 Å². The lowest BCUT2D eigenvalue weighted by molar-refractivity contribution is -0.138. The Kier molecular flexibility index (Phi) is 6.41. The monoisotopic (exact) mass is 460 g/mol. The third kappa shape index (κ3) is 4.58. The minimum atomic E-state index is -1.09. The van der Waals surface area contributed by atoms with Gasteiger partial charge in [0, 0.05) is 39.0 Å². The van der Waals surface area contributed by atoms with E-state index in [9.17, 15) is 28.4 Å². The average Bonchev–Trinajstić information content (AvgIpc) is 3.01. The van der Waals surface area contributed by atoms with Crippen LogP contribution in [0.4, 0.5) is 10.1 Å². The second-order valence-corrected chi connectivity index (χ2v) is 8.48. The summed E-state index contributed by atoms with van der Waals surface area (Å²) < 4.78 is 14.9. The lowest BCUT2D eigenvalue weighted by Crippen LogP contribution is -2.54. The van der Waals surface area contributed by atoms with Crippen LogP contribution in [0.1, 0.15) is 52.8 Å². The number of piperidine rings is 1. The smallest absolute Gasteiger partial charge is 0.303 e. The highest BCUT2D eigenvalue weighted by molar-refractivity contribution is 6.23. The number of hydrogen-bond acceptors (Lipinski definition) is 7. The summed E-state index contributed by atoms with van der Waals surface area (Å²) in [6.45, 7) is 3.14. The number of hydrogen-bond donors (Lipinski definition) is 2. The third-order valence-electron chi connectivity index (χ3n) is 6.34. The number of amides is 4. The molecule has 3 aliphatic heterocycles. The fourth-order valence-corrected chi connectivity index (χ4v) is 4.55. The Balaban J connectivity index is 1.43. The molecule has 4 rings (SSSR count). The zero-order valence-corrected chi connectivity index (χ0v) is 18.0. The van der Waals surface area contributed by atoms with Gasteiger partial charge in [-0.05, 0) is 37.9 Å². The van der Waals surface area contributed by atoms with Crippen LogP contribution in [0.15, 0.2) is 12.1 Å². The number of carbonyl (C=O) groups excluding carboxylic acids is 4. The molecular weight excluding hydrogens is 435 g/mol. The molecule has 176 valence electrons. The number of anilines is 1. The summed E-state index contributed by atoms with van der Waals surface area (Å²) in [6.07, 6.45) is 1.58. The zero-order chi connectivity index (χ0) is 23.7. The Morgan fingerprint density at radius 3 is 2.33 bits per heavy atom. The molecule has 11 heteroatoms. The van der Waals surface area contributed by atoms with E-state index in [1.165, 1.54) is 6.07 Å². The summed E-state index contributed by atoms with van der Waals surface area (Å²) in [5.41, 5.74) is 0.200. The standard InChI is InChI=1S/C22H25FN4O6/c23-15-11-13-14(22(33)27(21(13)32)16-4-5-18(28)24-20(16)31)12-17(15)26-9-7-25(8-10-26)6-2-1-3-19(29)30/h11-12,16H,1-10H2,(H,29,30)(H,24,28,31). The third-order valence-corrected chi connectivity index (χ3v) is 6.34. The molecule has 0 aliphatic carbocycles. The molecule has 0 saturated carbocycles. The molecule has 10 nitrogen and oxygen atoms in total. The van der Waals surface area contributed by atoms with Crippen molar-refractivity contribution in [3.05, 3.63) is 29.1 Å². The van der Waals surface area contributed by atoms with Gasteiger partial charge in [-0.3, -0.25) is 39.1 Å². The number of carboxylic acid groups (broad SMARTS) is 1. The summed E-state index contributed by atoms with van der Waals surface area (Å²) in [5.74, 6) is -3.99. The highest BCUT2D eigenvalue weighted by atomic mass is 19.1. The van der Waals surface area contributed by atoms with Crippen LogP contribution in [0.3, 0.4) is 0 Å². The van der Waals surface area contributed by atoms with Crippen molar-refractivity contribution >= 4 is 35.3 Å². The SMILES string of the molecule is O=C(O)CCCCN1CCN(c2cc3c(cc2F)C(=O)N(C2CCC(=O)NC2=O)C3=O)CC1. The molecule has 0 radical (unpaired) electrons. The van der Waals surface area contributed by atoms with Gasteiger partial charge in [-0.15, -0.1) is 0 Å². The van der Waals surface area contributed by atoms with E-state index in [0.29, 0.717) is 32.6 Å². The molecule has 1 atom stereocenters. The van der Waals surface area contributed by atoms with E-state index in [2.05, 4.69) is 10.2 Å². The van der Waals surface area contributed by atoms with Crippen molar-refractivity contribution in [1.82, 2.24) is 15.1 Å². The summed E-state index contributed by atoms with van der Waals surface area (Å²) in [6, 6.07) is 1.33. The molecule has 0 bridgehead atoms. The molecule has 2 fully saturated rings. The quantitative estimate of drug-likeness (QED) is 0.448. The Hall–Kier alpha value is -3.34. The van der Waals surface area contributed by atoms with Crippen LogP contribution < -0.4 is 10.2 Å². The Labute approximate surface area is 189 Å². The first-order valence-electron chi connectivity index (χ1n) is 11.0. The van der Waals surface area contributed by atoms with Gasteiger partial charge >= 0.3 is 5.97 Å². The fourth-order valence-electron chi connectivity index (χ4n) is 4.55. The van der Waals surface area contributed by atoms with Crippen LogP contribution >= 0.6 is 0 Å². The zero-order valence-electron chi connectivity index (χ0n) is 18.0. The van der Waals surface area contributed by atoms with Crippen molar-refractivity contribution in [3.63, 3.8) is 0 Å². The molecular formula is C22H25FN4O6. The first-order chi connectivity index (χ1) is 15.8. The van der Waals surface area contributed by atoms with Gasteiger partial charge in [0.25, 0.3) is 11.8 Å². The van der Waals surface area contributed by atoms with Crippen LogP contribution in [0.2, 0.25) is 0 Å². The van der Waals surface area contributed by atoms with E-state index in [1.54, 1.807) is 0 Å². The molecule has 1 unspecified atom stereocenters. The predicted molar refractivity (Wildman–Crippen MR) is 113 cm³/mol. The number of imide groups is 2. The van der Waals surface area contributed by atoms with Crippen molar-refractivity contribution in [2.24, 2.45) is 0 Å². The molecule has 33 heavy (non-hydrogen) atoms. The number of aliphatic carboxylic acids is 1. The highest BCUT2D eigenvalue weighted by Gasteiger charge is 2.45. The van der Waals surface area contributed by atoms with Crippen LogP contribution in [-0.2, 0) is 14.4 Å².